The second kappa shape index (κ2) is 4.60. The predicted octanol–water partition coefficient (Wildman–Crippen LogP) is 0.900. The molecule has 1 heterocycles. The van der Waals surface area contributed by atoms with Gasteiger partial charge in [0.05, 0.1) is 12.2 Å². The van der Waals surface area contributed by atoms with Crippen LogP contribution >= 0.6 is 0 Å². The van der Waals surface area contributed by atoms with Crippen molar-refractivity contribution in [2.75, 3.05) is 19.7 Å². The van der Waals surface area contributed by atoms with Crippen LogP contribution in [0.4, 0.5) is 0 Å². The summed E-state index contributed by atoms with van der Waals surface area (Å²) >= 11 is 0. The van der Waals surface area contributed by atoms with Crippen LogP contribution in [0.1, 0.15) is 39.5 Å². The van der Waals surface area contributed by atoms with Crippen LogP contribution in [-0.2, 0) is 0 Å². The average Bonchev–Trinajstić information content (AvgIpc) is 2.28. The molecule has 0 unspecified atom stereocenters. The molecule has 0 atom stereocenters. The van der Waals surface area contributed by atoms with Gasteiger partial charge in [-0.1, -0.05) is 13.8 Å². The first-order valence-corrected chi connectivity index (χ1v) is 5.68. The molecule has 0 aromatic heterocycles. The van der Waals surface area contributed by atoms with Crippen LogP contribution in [0.15, 0.2) is 0 Å². The summed E-state index contributed by atoms with van der Waals surface area (Å²) in [6, 6.07) is 0. The van der Waals surface area contributed by atoms with Gasteiger partial charge in [-0.05, 0) is 38.8 Å². The monoisotopic (exact) mass is 201 g/mol. The van der Waals surface area contributed by atoms with E-state index < -0.39 is 5.60 Å². The van der Waals surface area contributed by atoms with Gasteiger partial charge in [0.25, 0.3) is 0 Å². The number of rotatable bonds is 4. The molecule has 0 aromatic rings. The maximum atomic E-state index is 10.5. The topological polar surface area (TPSA) is 52.5 Å². The lowest BCUT2D eigenvalue weighted by Gasteiger charge is -2.48. The molecule has 1 aliphatic rings. The van der Waals surface area contributed by atoms with Gasteiger partial charge in [0.1, 0.15) is 0 Å². The summed E-state index contributed by atoms with van der Waals surface area (Å²) in [6.07, 6.45) is 3.21. The first kappa shape index (κ1) is 12.0. The lowest BCUT2D eigenvalue weighted by Crippen LogP contribution is -2.55. The number of aliphatic hydroxyl groups is 2. The van der Waals surface area contributed by atoms with E-state index in [1.807, 2.05) is 13.8 Å². The van der Waals surface area contributed by atoms with E-state index in [0.717, 1.165) is 38.8 Å². The molecule has 3 nitrogen and oxygen atoms in total. The van der Waals surface area contributed by atoms with E-state index >= 15 is 0 Å². The smallest absolute Gasteiger partial charge is 0.0721 e. The summed E-state index contributed by atoms with van der Waals surface area (Å²) in [5, 5.41) is 23.3. The molecule has 0 aliphatic carbocycles. The van der Waals surface area contributed by atoms with Crippen molar-refractivity contribution < 1.29 is 10.2 Å². The molecule has 0 radical (unpaired) electrons. The molecule has 0 amide bonds. The first-order chi connectivity index (χ1) is 6.64. The minimum atomic E-state index is -0.691. The van der Waals surface area contributed by atoms with Gasteiger partial charge in [0.15, 0.2) is 0 Å². The normalized spacial score (nSPS) is 22.3. The maximum absolute atomic E-state index is 10.5. The summed E-state index contributed by atoms with van der Waals surface area (Å²) in [5.74, 6) is 0. The molecule has 14 heavy (non-hydrogen) atoms. The second-order valence-corrected chi connectivity index (χ2v) is 4.43. The van der Waals surface area contributed by atoms with Crippen LogP contribution in [0.25, 0.3) is 0 Å². The number of hydrogen-bond donors (Lipinski definition) is 3. The zero-order chi connectivity index (χ0) is 10.7. The van der Waals surface area contributed by atoms with Crippen LogP contribution in [0.2, 0.25) is 0 Å². The Kier molecular flexibility index (Phi) is 3.93. The summed E-state index contributed by atoms with van der Waals surface area (Å²) in [5.41, 5.74) is -0.967. The maximum Gasteiger partial charge on any atom is 0.0721 e. The summed E-state index contributed by atoms with van der Waals surface area (Å²) in [4.78, 5) is 0. The Labute approximate surface area is 86.5 Å². The van der Waals surface area contributed by atoms with Crippen molar-refractivity contribution in [1.82, 2.24) is 5.32 Å². The van der Waals surface area contributed by atoms with E-state index in [9.17, 15) is 10.2 Å². The molecule has 0 bridgehead atoms. The Hall–Kier alpha value is -0.120. The van der Waals surface area contributed by atoms with Gasteiger partial charge in [-0.2, -0.15) is 0 Å². The Morgan fingerprint density at radius 3 is 2.07 bits per heavy atom. The Morgan fingerprint density at radius 2 is 1.71 bits per heavy atom. The van der Waals surface area contributed by atoms with E-state index in [1.54, 1.807) is 0 Å². The average molecular weight is 201 g/mol. The minimum Gasteiger partial charge on any atom is -0.396 e. The molecular formula is C11H23NO2. The van der Waals surface area contributed by atoms with E-state index in [0.29, 0.717) is 0 Å². The van der Waals surface area contributed by atoms with Crippen molar-refractivity contribution >= 4 is 0 Å². The molecule has 1 aliphatic heterocycles. The number of piperidine rings is 1. The summed E-state index contributed by atoms with van der Waals surface area (Å²) < 4.78 is 0. The zero-order valence-corrected chi connectivity index (χ0v) is 9.34. The molecule has 1 saturated heterocycles. The van der Waals surface area contributed by atoms with Gasteiger partial charge in [0, 0.05) is 5.41 Å². The predicted molar refractivity (Wildman–Crippen MR) is 57.2 cm³/mol. The van der Waals surface area contributed by atoms with Crippen molar-refractivity contribution in [2.45, 2.75) is 45.1 Å². The molecule has 3 N–H and O–H groups in total. The minimum absolute atomic E-state index is 0.104. The fraction of sp³-hybridized carbons (Fsp3) is 1.00. The third-order valence-corrected chi connectivity index (χ3v) is 4.02. The highest BCUT2D eigenvalue weighted by Crippen LogP contribution is 2.43. The van der Waals surface area contributed by atoms with Crippen molar-refractivity contribution in [2.24, 2.45) is 5.41 Å². The first-order valence-electron chi connectivity index (χ1n) is 5.68. The molecule has 1 rings (SSSR count). The Morgan fingerprint density at radius 1 is 1.21 bits per heavy atom. The molecule has 0 spiro atoms. The van der Waals surface area contributed by atoms with Gasteiger partial charge in [-0.25, -0.2) is 0 Å². The number of hydrogen-bond acceptors (Lipinski definition) is 3. The molecule has 0 aromatic carbocycles. The number of nitrogens with one attached hydrogen (secondary N) is 1. The van der Waals surface area contributed by atoms with Crippen LogP contribution in [0.5, 0.6) is 0 Å². The van der Waals surface area contributed by atoms with Crippen molar-refractivity contribution in [1.29, 1.82) is 0 Å². The van der Waals surface area contributed by atoms with Gasteiger partial charge >= 0.3 is 0 Å². The Balaban J connectivity index is 2.85. The fourth-order valence-corrected chi connectivity index (χ4v) is 2.68. The molecular weight excluding hydrogens is 178 g/mol. The van der Waals surface area contributed by atoms with Gasteiger partial charge in [-0.3, -0.25) is 0 Å². The largest absolute Gasteiger partial charge is 0.396 e. The van der Waals surface area contributed by atoms with Crippen molar-refractivity contribution in [3.63, 3.8) is 0 Å². The Bertz CT molecular complexity index is 172. The molecule has 1 fully saturated rings. The van der Waals surface area contributed by atoms with E-state index in [-0.39, 0.29) is 12.0 Å². The van der Waals surface area contributed by atoms with Crippen LogP contribution in [0, 0.1) is 5.41 Å². The van der Waals surface area contributed by atoms with Crippen molar-refractivity contribution in [3.05, 3.63) is 0 Å². The number of aliphatic hydroxyl groups excluding tert-OH is 1. The quantitative estimate of drug-likeness (QED) is 0.633. The van der Waals surface area contributed by atoms with Crippen molar-refractivity contribution in [3.8, 4) is 0 Å². The molecule has 0 saturated carbocycles. The zero-order valence-electron chi connectivity index (χ0n) is 9.34. The van der Waals surface area contributed by atoms with Crippen LogP contribution < -0.4 is 5.32 Å². The highest BCUT2D eigenvalue weighted by molar-refractivity contribution is 4.99. The third-order valence-electron chi connectivity index (χ3n) is 4.02. The van der Waals surface area contributed by atoms with E-state index in [4.69, 9.17) is 0 Å². The van der Waals surface area contributed by atoms with E-state index in [2.05, 4.69) is 5.32 Å². The molecule has 84 valence electrons. The van der Waals surface area contributed by atoms with Crippen LogP contribution in [-0.4, -0.2) is 35.5 Å². The highest BCUT2D eigenvalue weighted by atomic mass is 16.3. The van der Waals surface area contributed by atoms with Gasteiger partial charge < -0.3 is 15.5 Å². The lowest BCUT2D eigenvalue weighted by molar-refractivity contribution is -0.129. The van der Waals surface area contributed by atoms with Gasteiger partial charge in [0.2, 0.25) is 0 Å². The SMILES string of the molecule is CCC(O)(CC)C1(CO)CCNCC1. The van der Waals surface area contributed by atoms with Crippen LogP contribution in [0.3, 0.4) is 0 Å². The second-order valence-electron chi connectivity index (χ2n) is 4.43. The highest BCUT2D eigenvalue weighted by Gasteiger charge is 2.47. The fourth-order valence-electron chi connectivity index (χ4n) is 2.68. The van der Waals surface area contributed by atoms with Gasteiger partial charge in [-0.15, -0.1) is 0 Å². The summed E-state index contributed by atoms with van der Waals surface area (Å²) in [6.45, 7) is 5.92. The summed E-state index contributed by atoms with van der Waals surface area (Å²) in [7, 11) is 0. The lowest BCUT2D eigenvalue weighted by atomic mass is 9.64. The standard InChI is InChI=1S/C11H23NO2/c1-3-11(14,4-2)10(9-13)5-7-12-8-6-10/h12-14H,3-9H2,1-2H3. The van der Waals surface area contributed by atoms with E-state index in [1.165, 1.54) is 0 Å². The third kappa shape index (κ3) is 1.81. The molecule has 3 heteroatoms.